The minimum atomic E-state index is -0.854. The van der Waals surface area contributed by atoms with Gasteiger partial charge in [0, 0.05) is 11.3 Å². The number of rotatable bonds is 4. The summed E-state index contributed by atoms with van der Waals surface area (Å²) in [6.45, 7) is 0. The maximum atomic E-state index is 13.6. The Morgan fingerprint density at radius 2 is 1.48 bits per heavy atom. The van der Waals surface area contributed by atoms with E-state index in [4.69, 9.17) is 0 Å². The van der Waals surface area contributed by atoms with Crippen LogP contribution in [0.2, 0.25) is 0 Å². The van der Waals surface area contributed by atoms with E-state index in [-0.39, 0.29) is 11.5 Å². The van der Waals surface area contributed by atoms with Crippen LogP contribution in [0.1, 0.15) is 20.0 Å². The van der Waals surface area contributed by atoms with Crippen LogP contribution in [0.25, 0.3) is 0 Å². The second kappa shape index (κ2) is 7.23. The van der Waals surface area contributed by atoms with Crippen molar-refractivity contribution in [2.45, 2.75) is 0 Å². The summed E-state index contributed by atoms with van der Waals surface area (Å²) in [7, 11) is 0. The van der Waals surface area contributed by atoms with Gasteiger partial charge in [-0.1, -0.05) is 12.1 Å². The van der Waals surface area contributed by atoms with Gasteiger partial charge in [-0.25, -0.2) is 8.78 Å². The van der Waals surface area contributed by atoms with E-state index in [2.05, 4.69) is 10.6 Å². The zero-order valence-electron chi connectivity index (χ0n) is 12.8. The average Bonchev–Trinajstić information content (AvgIpc) is 3.13. The number of anilines is 2. The summed E-state index contributed by atoms with van der Waals surface area (Å²) in [4.78, 5) is 24.6. The van der Waals surface area contributed by atoms with E-state index < -0.39 is 23.2 Å². The van der Waals surface area contributed by atoms with Crippen molar-refractivity contribution in [3.8, 4) is 0 Å². The minimum absolute atomic E-state index is 0.205. The summed E-state index contributed by atoms with van der Waals surface area (Å²) in [5.41, 5.74) is 0.214. The Morgan fingerprint density at radius 1 is 0.800 bits per heavy atom. The summed E-state index contributed by atoms with van der Waals surface area (Å²) in [5, 5.41) is 6.70. The number of para-hydroxylation sites is 1. The zero-order valence-corrected chi connectivity index (χ0v) is 13.6. The number of hydrogen-bond donors (Lipinski definition) is 2. The van der Waals surface area contributed by atoms with Crippen molar-refractivity contribution in [3.05, 3.63) is 82.1 Å². The predicted molar refractivity (Wildman–Crippen MR) is 93.0 cm³/mol. The topological polar surface area (TPSA) is 58.2 Å². The van der Waals surface area contributed by atoms with Gasteiger partial charge >= 0.3 is 0 Å². The summed E-state index contributed by atoms with van der Waals surface area (Å²) in [5.74, 6) is -2.61. The highest BCUT2D eigenvalue weighted by molar-refractivity contribution is 7.12. The maximum Gasteiger partial charge on any atom is 0.265 e. The Morgan fingerprint density at radius 3 is 2.08 bits per heavy atom. The molecule has 2 aromatic carbocycles. The van der Waals surface area contributed by atoms with Gasteiger partial charge in [-0.15, -0.1) is 11.3 Å². The van der Waals surface area contributed by atoms with Crippen LogP contribution >= 0.6 is 11.3 Å². The largest absolute Gasteiger partial charge is 0.321 e. The summed E-state index contributed by atoms with van der Waals surface area (Å²) in [6, 6.07) is 12.8. The van der Waals surface area contributed by atoms with Crippen molar-refractivity contribution < 1.29 is 18.4 Å². The summed E-state index contributed by atoms with van der Waals surface area (Å²) >= 11 is 1.32. The lowest BCUT2D eigenvalue weighted by atomic mass is 10.2. The fraction of sp³-hybridized carbons (Fsp3) is 0. The fourth-order valence-electron chi connectivity index (χ4n) is 2.11. The molecule has 1 aromatic heterocycles. The molecular weight excluding hydrogens is 346 g/mol. The average molecular weight is 358 g/mol. The second-order valence-corrected chi connectivity index (χ2v) is 6.01. The van der Waals surface area contributed by atoms with Gasteiger partial charge in [0.1, 0.15) is 17.3 Å². The molecule has 0 spiro atoms. The molecule has 0 bridgehead atoms. The Balaban J connectivity index is 1.69. The lowest BCUT2D eigenvalue weighted by molar-refractivity contribution is 0.102. The van der Waals surface area contributed by atoms with E-state index >= 15 is 0 Å². The van der Waals surface area contributed by atoms with Gasteiger partial charge in [-0.05, 0) is 47.8 Å². The molecule has 0 saturated heterocycles. The standard InChI is InChI=1S/C18H12F2N2O2S/c19-13-3-1-4-14(20)16(13)22-17(23)11-6-8-12(9-7-11)21-18(24)15-5-2-10-25-15/h1-10H,(H,21,24)(H,22,23). The molecule has 0 fully saturated rings. The molecule has 0 unspecified atom stereocenters. The van der Waals surface area contributed by atoms with Crippen LogP contribution in [0.3, 0.4) is 0 Å². The van der Waals surface area contributed by atoms with Crippen LogP contribution in [-0.2, 0) is 0 Å². The van der Waals surface area contributed by atoms with Gasteiger partial charge in [0.15, 0.2) is 0 Å². The van der Waals surface area contributed by atoms with Gasteiger partial charge in [0.2, 0.25) is 0 Å². The van der Waals surface area contributed by atoms with Crippen LogP contribution in [0.5, 0.6) is 0 Å². The summed E-state index contributed by atoms with van der Waals surface area (Å²) < 4.78 is 27.1. The minimum Gasteiger partial charge on any atom is -0.321 e. The van der Waals surface area contributed by atoms with E-state index in [1.54, 1.807) is 17.5 Å². The molecule has 0 aliphatic rings. The highest BCUT2D eigenvalue weighted by Crippen LogP contribution is 2.20. The van der Waals surface area contributed by atoms with Crippen molar-refractivity contribution in [1.82, 2.24) is 0 Å². The molecule has 1 heterocycles. The van der Waals surface area contributed by atoms with Crippen LogP contribution in [0.4, 0.5) is 20.2 Å². The molecule has 2 amide bonds. The highest BCUT2D eigenvalue weighted by Gasteiger charge is 2.13. The van der Waals surface area contributed by atoms with Crippen LogP contribution in [0, 0.1) is 11.6 Å². The molecule has 3 rings (SSSR count). The molecule has 0 aliphatic carbocycles. The smallest absolute Gasteiger partial charge is 0.265 e. The Bertz CT molecular complexity index is 889. The molecule has 0 aliphatic heterocycles. The quantitative estimate of drug-likeness (QED) is 0.720. The van der Waals surface area contributed by atoms with E-state index in [1.807, 2.05) is 0 Å². The monoisotopic (exact) mass is 358 g/mol. The lowest BCUT2D eigenvalue weighted by Gasteiger charge is -2.08. The molecule has 4 nitrogen and oxygen atoms in total. The van der Waals surface area contributed by atoms with Crippen LogP contribution in [-0.4, -0.2) is 11.8 Å². The van der Waals surface area contributed by atoms with E-state index in [1.165, 1.54) is 41.7 Å². The lowest BCUT2D eigenvalue weighted by Crippen LogP contribution is -2.15. The van der Waals surface area contributed by atoms with Crippen molar-refractivity contribution >= 4 is 34.5 Å². The third-order valence-corrected chi connectivity index (χ3v) is 4.22. The Kier molecular flexibility index (Phi) is 4.85. The van der Waals surface area contributed by atoms with Crippen molar-refractivity contribution in [2.75, 3.05) is 10.6 Å². The first-order valence-electron chi connectivity index (χ1n) is 7.25. The first kappa shape index (κ1) is 16.8. The first-order chi connectivity index (χ1) is 12.0. The van der Waals surface area contributed by atoms with Gasteiger partial charge in [0.05, 0.1) is 4.88 Å². The SMILES string of the molecule is O=C(Nc1c(F)cccc1F)c1ccc(NC(=O)c2cccs2)cc1. The van der Waals surface area contributed by atoms with Crippen LogP contribution < -0.4 is 10.6 Å². The van der Waals surface area contributed by atoms with Gasteiger partial charge in [-0.2, -0.15) is 0 Å². The van der Waals surface area contributed by atoms with Gasteiger partial charge < -0.3 is 10.6 Å². The number of amides is 2. The predicted octanol–water partition coefficient (Wildman–Crippen LogP) is 4.53. The van der Waals surface area contributed by atoms with E-state index in [9.17, 15) is 18.4 Å². The van der Waals surface area contributed by atoms with E-state index in [0.717, 1.165) is 12.1 Å². The molecule has 126 valence electrons. The zero-order chi connectivity index (χ0) is 17.8. The fourth-order valence-corrected chi connectivity index (χ4v) is 2.73. The number of halogens is 2. The second-order valence-electron chi connectivity index (χ2n) is 5.06. The van der Waals surface area contributed by atoms with Gasteiger partial charge in [0.25, 0.3) is 11.8 Å². The third kappa shape index (κ3) is 3.89. The van der Waals surface area contributed by atoms with E-state index in [0.29, 0.717) is 10.6 Å². The molecule has 25 heavy (non-hydrogen) atoms. The number of carbonyl (C=O) groups excluding carboxylic acids is 2. The Labute approximate surface area is 146 Å². The molecule has 0 saturated carbocycles. The number of carbonyl (C=O) groups is 2. The van der Waals surface area contributed by atoms with Crippen molar-refractivity contribution in [3.63, 3.8) is 0 Å². The third-order valence-electron chi connectivity index (χ3n) is 3.35. The molecule has 3 aromatic rings. The molecule has 0 atom stereocenters. The van der Waals surface area contributed by atoms with Crippen LogP contribution in [0.15, 0.2) is 60.0 Å². The summed E-state index contributed by atoms with van der Waals surface area (Å²) in [6.07, 6.45) is 0. The number of nitrogens with one attached hydrogen (secondary N) is 2. The number of thiophene rings is 1. The highest BCUT2D eigenvalue weighted by atomic mass is 32.1. The molecule has 2 N–H and O–H groups in total. The van der Waals surface area contributed by atoms with Crippen molar-refractivity contribution in [1.29, 1.82) is 0 Å². The maximum absolute atomic E-state index is 13.6. The molecule has 7 heteroatoms. The number of hydrogen-bond acceptors (Lipinski definition) is 3. The molecule has 0 radical (unpaired) electrons. The Hall–Kier alpha value is -3.06. The van der Waals surface area contributed by atoms with Crippen molar-refractivity contribution in [2.24, 2.45) is 0 Å². The molecular formula is C18H12F2N2O2S. The van der Waals surface area contributed by atoms with Gasteiger partial charge in [-0.3, -0.25) is 9.59 Å². The first-order valence-corrected chi connectivity index (χ1v) is 8.13. The number of benzene rings is 2. The normalized spacial score (nSPS) is 10.3.